The highest BCUT2D eigenvalue weighted by Crippen LogP contribution is 2.29. The van der Waals surface area contributed by atoms with Crippen molar-refractivity contribution in [2.24, 2.45) is 0 Å². The maximum absolute atomic E-state index is 12.0. The summed E-state index contributed by atoms with van der Waals surface area (Å²) in [5.41, 5.74) is 0.914. The predicted molar refractivity (Wildman–Crippen MR) is 69.6 cm³/mol. The van der Waals surface area contributed by atoms with Crippen LogP contribution in [0, 0.1) is 0 Å². The summed E-state index contributed by atoms with van der Waals surface area (Å²) in [6.45, 7) is 2.41. The lowest BCUT2D eigenvalue weighted by atomic mass is 10.3. The van der Waals surface area contributed by atoms with Gasteiger partial charge in [-0.2, -0.15) is 11.8 Å². The first kappa shape index (κ1) is 13.0. The molecule has 0 saturated carbocycles. The molecule has 1 heterocycles. The molecule has 2 aliphatic rings. The standard InChI is InChI=1S/C11H17NO3S2/c1-2-17(14,15)11-8-16-6-5-12(11)9-3-4-10(13)7-9/h7,11H,2-6,8H2,1H3. The van der Waals surface area contributed by atoms with E-state index < -0.39 is 15.2 Å². The highest BCUT2D eigenvalue weighted by molar-refractivity contribution is 8.01. The van der Waals surface area contributed by atoms with Crippen LogP contribution in [0.2, 0.25) is 0 Å². The van der Waals surface area contributed by atoms with Crippen LogP contribution in [-0.4, -0.2) is 48.3 Å². The number of carbonyl (C=O) groups is 1. The van der Waals surface area contributed by atoms with Gasteiger partial charge in [-0.15, -0.1) is 0 Å². The van der Waals surface area contributed by atoms with Gasteiger partial charge in [0.25, 0.3) is 0 Å². The molecule has 0 aromatic rings. The van der Waals surface area contributed by atoms with Crippen molar-refractivity contribution in [3.8, 4) is 0 Å². The van der Waals surface area contributed by atoms with Crippen molar-refractivity contribution >= 4 is 27.4 Å². The molecule has 1 aliphatic carbocycles. The summed E-state index contributed by atoms with van der Waals surface area (Å²) < 4.78 is 24.1. The Morgan fingerprint density at radius 1 is 1.47 bits per heavy atom. The van der Waals surface area contributed by atoms with E-state index in [2.05, 4.69) is 0 Å². The summed E-state index contributed by atoms with van der Waals surface area (Å²) in [7, 11) is -3.07. The van der Waals surface area contributed by atoms with E-state index >= 15 is 0 Å². The first-order valence-electron chi connectivity index (χ1n) is 5.84. The lowest BCUT2D eigenvalue weighted by Gasteiger charge is -2.37. The molecule has 1 aliphatic heterocycles. The van der Waals surface area contributed by atoms with Crippen molar-refractivity contribution in [1.82, 2.24) is 4.90 Å². The summed E-state index contributed by atoms with van der Waals surface area (Å²) in [5, 5.41) is -0.441. The third kappa shape index (κ3) is 2.68. The van der Waals surface area contributed by atoms with Crippen LogP contribution in [0.1, 0.15) is 19.8 Å². The Bertz CT molecular complexity index is 442. The van der Waals surface area contributed by atoms with Gasteiger partial charge in [-0.05, 0) is 6.42 Å². The number of carbonyl (C=O) groups excluding carboxylic acids is 1. The monoisotopic (exact) mass is 275 g/mol. The minimum Gasteiger partial charge on any atom is -0.357 e. The predicted octanol–water partition coefficient (Wildman–Crippen LogP) is 1.04. The SMILES string of the molecule is CCS(=O)(=O)C1CSCCN1C1=CC(=O)CC1. The minimum atomic E-state index is -3.07. The van der Waals surface area contributed by atoms with E-state index in [0.717, 1.165) is 18.0 Å². The van der Waals surface area contributed by atoms with E-state index in [9.17, 15) is 13.2 Å². The number of nitrogens with zero attached hydrogens (tertiary/aromatic N) is 1. The zero-order chi connectivity index (χ0) is 12.5. The second kappa shape index (κ2) is 5.02. The van der Waals surface area contributed by atoms with E-state index in [1.807, 2.05) is 4.90 Å². The lowest BCUT2D eigenvalue weighted by molar-refractivity contribution is -0.114. The molecule has 0 amide bonds. The maximum Gasteiger partial charge on any atom is 0.171 e. The topological polar surface area (TPSA) is 54.5 Å². The number of rotatable bonds is 3. The first-order chi connectivity index (χ1) is 8.04. The molecular formula is C11H17NO3S2. The third-order valence-corrected chi connectivity index (χ3v) is 6.51. The van der Waals surface area contributed by atoms with Gasteiger partial charge in [-0.25, -0.2) is 8.42 Å². The van der Waals surface area contributed by atoms with Crippen LogP contribution >= 0.6 is 11.8 Å². The average Bonchev–Trinajstić information content (AvgIpc) is 2.76. The number of hydrogen-bond acceptors (Lipinski definition) is 5. The quantitative estimate of drug-likeness (QED) is 0.770. The molecule has 0 N–H and O–H groups in total. The van der Waals surface area contributed by atoms with Gasteiger partial charge in [0, 0.05) is 42.0 Å². The third-order valence-electron chi connectivity index (χ3n) is 3.23. The Kier molecular flexibility index (Phi) is 3.82. The van der Waals surface area contributed by atoms with Crippen molar-refractivity contribution in [1.29, 1.82) is 0 Å². The fourth-order valence-corrected chi connectivity index (χ4v) is 5.21. The van der Waals surface area contributed by atoms with Crippen molar-refractivity contribution in [3.63, 3.8) is 0 Å². The highest BCUT2D eigenvalue weighted by Gasteiger charge is 2.35. The summed E-state index contributed by atoms with van der Waals surface area (Å²) in [6, 6.07) is 0. The minimum absolute atomic E-state index is 0.117. The van der Waals surface area contributed by atoms with Gasteiger partial charge >= 0.3 is 0 Å². The van der Waals surface area contributed by atoms with Gasteiger partial charge in [-0.1, -0.05) is 6.92 Å². The van der Waals surface area contributed by atoms with Gasteiger partial charge in [0.2, 0.25) is 0 Å². The van der Waals surface area contributed by atoms with E-state index in [1.54, 1.807) is 24.8 Å². The molecule has 4 nitrogen and oxygen atoms in total. The van der Waals surface area contributed by atoms with Crippen LogP contribution < -0.4 is 0 Å². The average molecular weight is 275 g/mol. The van der Waals surface area contributed by atoms with Crippen LogP contribution in [0.25, 0.3) is 0 Å². The summed E-state index contributed by atoms with van der Waals surface area (Å²) >= 11 is 1.68. The van der Waals surface area contributed by atoms with E-state index in [0.29, 0.717) is 18.6 Å². The number of sulfone groups is 1. The molecule has 2 rings (SSSR count). The molecule has 1 saturated heterocycles. The number of hydrogen-bond donors (Lipinski definition) is 0. The van der Waals surface area contributed by atoms with E-state index in [1.165, 1.54) is 0 Å². The molecule has 6 heteroatoms. The number of ketones is 1. The number of thioether (sulfide) groups is 1. The molecule has 1 fully saturated rings. The van der Waals surface area contributed by atoms with Crippen molar-refractivity contribution in [3.05, 3.63) is 11.8 Å². The molecule has 96 valence electrons. The zero-order valence-electron chi connectivity index (χ0n) is 9.89. The normalized spacial score (nSPS) is 26.2. The fourth-order valence-electron chi connectivity index (χ4n) is 2.21. The van der Waals surface area contributed by atoms with Crippen LogP contribution in [0.15, 0.2) is 11.8 Å². The van der Waals surface area contributed by atoms with Gasteiger partial charge < -0.3 is 4.90 Å². The fraction of sp³-hybridized carbons (Fsp3) is 0.727. The molecule has 0 spiro atoms. The molecule has 1 unspecified atom stereocenters. The molecule has 1 atom stereocenters. The molecular weight excluding hydrogens is 258 g/mol. The smallest absolute Gasteiger partial charge is 0.171 e. The van der Waals surface area contributed by atoms with Crippen LogP contribution in [-0.2, 0) is 14.6 Å². The molecule has 0 aromatic heterocycles. The van der Waals surface area contributed by atoms with Gasteiger partial charge in [0.15, 0.2) is 15.6 Å². The van der Waals surface area contributed by atoms with Gasteiger partial charge in [0.1, 0.15) is 5.37 Å². The Morgan fingerprint density at radius 3 is 2.82 bits per heavy atom. The number of allylic oxidation sites excluding steroid dienone is 2. The zero-order valence-corrected chi connectivity index (χ0v) is 11.5. The Hall–Kier alpha value is -0.490. The largest absolute Gasteiger partial charge is 0.357 e. The van der Waals surface area contributed by atoms with E-state index in [-0.39, 0.29) is 11.5 Å². The molecule has 0 radical (unpaired) electrons. The van der Waals surface area contributed by atoms with Crippen LogP contribution in [0.3, 0.4) is 0 Å². The van der Waals surface area contributed by atoms with E-state index in [4.69, 9.17) is 0 Å². The molecule has 0 bridgehead atoms. The van der Waals surface area contributed by atoms with Crippen LogP contribution in [0.4, 0.5) is 0 Å². The second-order valence-electron chi connectivity index (χ2n) is 4.28. The Balaban J connectivity index is 2.24. The Labute approximate surface area is 106 Å². The van der Waals surface area contributed by atoms with Crippen molar-refractivity contribution in [2.75, 3.05) is 23.8 Å². The van der Waals surface area contributed by atoms with Gasteiger partial charge in [0.05, 0.1) is 0 Å². The highest BCUT2D eigenvalue weighted by atomic mass is 32.2. The summed E-state index contributed by atoms with van der Waals surface area (Å²) in [6.07, 6.45) is 2.84. The summed E-state index contributed by atoms with van der Waals surface area (Å²) in [5.74, 6) is 1.82. The van der Waals surface area contributed by atoms with Gasteiger partial charge in [-0.3, -0.25) is 4.79 Å². The second-order valence-corrected chi connectivity index (χ2v) is 7.87. The molecule has 17 heavy (non-hydrogen) atoms. The van der Waals surface area contributed by atoms with Crippen molar-refractivity contribution in [2.45, 2.75) is 25.1 Å². The lowest BCUT2D eigenvalue weighted by Crippen LogP contribution is -2.46. The maximum atomic E-state index is 12.0. The summed E-state index contributed by atoms with van der Waals surface area (Å²) in [4.78, 5) is 13.2. The Morgan fingerprint density at radius 2 is 2.24 bits per heavy atom. The van der Waals surface area contributed by atoms with Crippen molar-refractivity contribution < 1.29 is 13.2 Å². The van der Waals surface area contributed by atoms with Crippen LogP contribution in [0.5, 0.6) is 0 Å². The molecule has 0 aromatic carbocycles. The first-order valence-corrected chi connectivity index (χ1v) is 8.71.